The Balaban J connectivity index is 1.68. The lowest BCUT2D eigenvalue weighted by molar-refractivity contribution is 0.248. The summed E-state index contributed by atoms with van der Waals surface area (Å²) >= 11 is 12.6. The zero-order valence-electron chi connectivity index (χ0n) is 15.2. The molecule has 3 heterocycles. The van der Waals surface area contributed by atoms with Gasteiger partial charge in [-0.2, -0.15) is 20.1 Å². The van der Waals surface area contributed by atoms with E-state index in [4.69, 9.17) is 37.7 Å². The van der Waals surface area contributed by atoms with Gasteiger partial charge < -0.3 is 14.6 Å². The smallest absolute Gasteiger partial charge is 0.347 e. The summed E-state index contributed by atoms with van der Waals surface area (Å²) in [5.41, 5.74) is 0.0450. The summed E-state index contributed by atoms with van der Waals surface area (Å²) in [6, 6.07) is 6.47. The summed E-state index contributed by atoms with van der Waals surface area (Å²) in [6.45, 7) is 3.55. The predicted molar refractivity (Wildman–Crippen MR) is 110 cm³/mol. The number of amides is 2. The number of urea groups is 1. The molecule has 1 aromatic carbocycles. The number of rotatable bonds is 4. The molecule has 1 N–H and O–H groups in total. The van der Waals surface area contributed by atoms with Crippen LogP contribution in [0.4, 0.5) is 10.5 Å². The Morgan fingerprint density at radius 3 is 2.58 bits per heavy atom. The van der Waals surface area contributed by atoms with Crippen LogP contribution in [0.25, 0.3) is 5.69 Å². The van der Waals surface area contributed by atoms with E-state index in [0.717, 1.165) is 9.69 Å². The highest BCUT2D eigenvalue weighted by Crippen LogP contribution is 2.39. The number of nitrogens with one attached hydrogen (secondary N) is 1. The minimum atomic E-state index is -0.646. The fourth-order valence-electron chi connectivity index (χ4n) is 2.52. The fraction of sp³-hybridized carbons (Fsp3) is 0. The molecular formula is C18H9Cl2N7O4. The molecule has 0 saturated carbocycles. The van der Waals surface area contributed by atoms with Crippen LogP contribution < -0.4 is 20.6 Å². The number of carbonyl (C=O) groups excluding carboxylic acids is 1. The van der Waals surface area contributed by atoms with Crippen LogP contribution >= 0.6 is 23.2 Å². The van der Waals surface area contributed by atoms with Crippen molar-refractivity contribution in [1.29, 1.82) is 5.26 Å². The van der Waals surface area contributed by atoms with Crippen LogP contribution in [-0.2, 0) is 0 Å². The van der Waals surface area contributed by atoms with Crippen LogP contribution in [0, 0.1) is 11.3 Å². The molecule has 2 amide bonds. The number of nitriles is 1. The van der Waals surface area contributed by atoms with Gasteiger partial charge in [0.15, 0.2) is 11.5 Å². The van der Waals surface area contributed by atoms with Crippen molar-refractivity contribution in [2.45, 2.75) is 0 Å². The molecule has 0 aliphatic carbocycles. The van der Waals surface area contributed by atoms with Gasteiger partial charge in [0.2, 0.25) is 5.88 Å². The largest absolute Gasteiger partial charge is 0.434 e. The number of anilines is 1. The van der Waals surface area contributed by atoms with Crippen LogP contribution in [0.5, 0.6) is 11.6 Å². The summed E-state index contributed by atoms with van der Waals surface area (Å²) in [4.78, 5) is 24.2. The van der Waals surface area contributed by atoms with Crippen molar-refractivity contribution in [2.24, 2.45) is 5.10 Å². The lowest BCUT2D eigenvalue weighted by Gasteiger charge is -2.24. The van der Waals surface area contributed by atoms with Gasteiger partial charge in [-0.25, -0.2) is 4.79 Å². The average molecular weight is 458 g/mol. The molecule has 31 heavy (non-hydrogen) atoms. The first-order valence-electron chi connectivity index (χ1n) is 8.33. The van der Waals surface area contributed by atoms with E-state index in [0.29, 0.717) is 5.69 Å². The van der Waals surface area contributed by atoms with Gasteiger partial charge in [0.25, 0.3) is 5.56 Å². The number of benzene rings is 1. The van der Waals surface area contributed by atoms with Crippen molar-refractivity contribution in [3.8, 4) is 23.4 Å². The topological polar surface area (TPSA) is 139 Å². The number of ether oxygens (including phenoxy) is 1. The van der Waals surface area contributed by atoms with E-state index in [1.807, 2.05) is 6.07 Å². The fourth-order valence-corrected chi connectivity index (χ4v) is 3.07. The molecule has 3 aromatic rings. The Labute approximate surface area is 183 Å². The Hall–Kier alpha value is -4.14. The lowest BCUT2D eigenvalue weighted by atomic mass is 10.2. The number of aromatic nitrogens is 3. The highest BCUT2D eigenvalue weighted by atomic mass is 35.5. The molecule has 13 heteroatoms. The third-order valence-corrected chi connectivity index (χ3v) is 4.48. The number of halogens is 2. The summed E-state index contributed by atoms with van der Waals surface area (Å²) in [6.07, 6.45) is 2.54. The predicted octanol–water partition coefficient (Wildman–Crippen LogP) is 3.24. The van der Waals surface area contributed by atoms with E-state index >= 15 is 0 Å². The van der Waals surface area contributed by atoms with E-state index in [9.17, 15) is 9.59 Å². The summed E-state index contributed by atoms with van der Waals surface area (Å²) < 4.78 is 11.4. The van der Waals surface area contributed by atoms with Gasteiger partial charge >= 0.3 is 6.03 Å². The molecule has 11 nitrogen and oxygen atoms in total. The highest BCUT2D eigenvalue weighted by molar-refractivity contribution is 6.37. The summed E-state index contributed by atoms with van der Waals surface area (Å²) in [5.74, 6) is 0.0376. The maximum atomic E-state index is 12.2. The number of allylic oxidation sites excluding steroid dienone is 1. The second-order valence-corrected chi connectivity index (χ2v) is 6.74. The monoisotopic (exact) mass is 457 g/mol. The number of nitrogens with zero attached hydrogens (tertiary/aromatic N) is 6. The molecule has 1 aliphatic heterocycles. The third kappa shape index (κ3) is 3.85. The van der Waals surface area contributed by atoms with E-state index in [-0.39, 0.29) is 38.8 Å². The quantitative estimate of drug-likeness (QED) is 0.633. The number of hydrogen-bond acceptors (Lipinski definition) is 8. The van der Waals surface area contributed by atoms with Crippen molar-refractivity contribution in [3.05, 3.63) is 69.4 Å². The molecule has 0 radical (unpaired) electrons. The van der Waals surface area contributed by atoms with Gasteiger partial charge in [0.05, 0.1) is 27.6 Å². The molecule has 0 saturated heterocycles. The Kier molecular flexibility index (Phi) is 5.16. The summed E-state index contributed by atoms with van der Waals surface area (Å²) in [5, 5.41) is 24.0. The lowest BCUT2D eigenvalue weighted by Crippen LogP contribution is -2.42. The molecule has 0 atom stereocenters. The van der Waals surface area contributed by atoms with Gasteiger partial charge in [-0.3, -0.25) is 4.79 Å². The average Bonchev–Trinajstić information content (AvgIpc) is 3.26. The highest BCUT2D eigenvalue weighted by Gasteiger charge is 2.26. The summed E-state index contributed by atoms with van der Waals surface area (Å²) in [7, 11) is 0. The van der Waals surface area contributed by atoms with Crippen molar-refractivity contribution in [2.75, 3.05) is 5.01 Å². The van der Waals surface area contributed by atoms with E-state index in [2.05, 4.69) is 27.3 Å². The third-order valence-electron chi connectivity index (χ3n) is 3.92. The second-order valence-electron chi connectivity index (χ2n) is 5.93. The number of hydrazone groups is 1. The first-order chi connectivity index (χ1) is 14.9. The van der Waals surface area contributed by atoms with Gasteiger partial charge in [0, 0.05) is 12.1 Å². The Bertz CT molecular complexity index is 1320. The normalized spacial score (nSPS) is 13.5. The van der Waals surface area contributed by atoms with E-state index in [1.54, 1.807) is 0 Å². The SMILES string of the molecule is C=C1NC(=O)N(c2cc(Cl)c(Oc3ccc(=O)n(-c4cnoc4)n3)c(Cl)c2)N=C1C#N. The molecule has 2 aromatic heterocycles. The molecule has 0 unspecified atom stereocenters. The van der Waals surface area contributed by atoms with Crippen molar-refractivity contribution >= 4 is 40.6 Å². The van der Waals surface area contributed by atoms with Gasteiger partial charge in [-0.1, -0.05) is 34.9 Å². The van der Waals surface area contributed by atoms with Crippen molar-refractivity contribution in [1.82, 2.24) is 20.3 Å². The molecular weight excluding hydrogens is 449 g/mol. The molecule has 4 rings (SSSR count). The first-order valence-corrected chi connectivity index (χ1v) is 9.09. The minimum Gasteiger partial charge on any atom is -0.434 e. The van der Waals surface area contributed by atoms with E-state index < -0.39 is 11.6 Å². The number of hydrogen-bond donors (Lipinski definition) is 1. The minimum absolute atomic E-state index is 0.00847. The van der Waals surface area contributed by atoms with Gasteiger partial charge in [-0.05, 0) is 12.1 Å². The maximum absolute atomic E-state index is 12.2. The first kappa shape index (κ1) is 20.1. The van der Waals surface area contributed by atoms with E-state index in [1.165, 1.54) is 36.7 Å². The number of carbonyl (C=O) groups is 1. The van der Waals surface area contributed by atoms with Crippen molar-refractivity contribution < 1.29 is 14.1 Å². The zero-order valence-corrected chi connectivity index (χ0v) is 16.8. The second kappa shape index (κ2) is 7.94. The van der Waals surface area contributed by atoms with Crippen LogP contribution in [-0.4, -0.2) is 26.7 Å². The molecule has 1 aliphatic rings. The van der Waals surface area contributed by atoms with Crippen LogP contribution in [0.15, 0.2) is 63.4 Å². The van der Waals surface area contributed by atoms with Crippen LogP contribution in [0.2, 0.25) is 10.0 Å². The zero-order chi connectivity index (χ0) is 22.1. The van der Waals surface area contributed by atoms with Gasteiger partial charge in [0.1, 0.15) is 18.0 Å². The standard InChI is InChI=1S/C18H9Cl2N7O4/c1-9-14(6-21)24-27(18(29)23-9)10-4-12(19)17(13(20)5-10)31-15-2-3-16(28)26(25-15)11-7-22-30-8-11/h2-5,7-8H,1H2,(H,23,29). The molecule has 0 bridgehead atoms. The molecule has 154 valence electrons. The van der Waals surface area contributed by atoms with Gasteiger partial charge in [-0.15, -0.1) is 5.10 Å². The molecule has 0 fully saturated rings. The molecule has 0 spiro atoms. The maximum Gasteiger partial charge on any atom is 0.347 e. The van der Waals surface area contributed by atoms with Crippen LogP contribution in [0.3, 0.4) is 0 Å². The Morgan fingerprint density at radius 2 is 1.94 bits per heavy atom. The van der Waals surface area contributed by atoms with Crippen molar-refractivity contribution in [3.63, 3.8) is 0 Å². The van der Waals surface area contributed by atoms with Crippen LogP contribution in [0.1, 0.15) is 0 Å². The Morgan fingerprint density at radius 1 is 1.19 bits per heavy atom.